The number of ether oxygens (including phenoxy) is 3. The minimum atomic E-state index is -0.275. The van der Waals surface area contributed by atoms with Gasteiger partial charge in [0, 0.05) is 32.9 Å². The van der Waals surface area contributed by atoms with Crippen molar-refractivity contribution in [1.29, 1.82) is 0 Å². The van der Waals surface area contributed by atoms with Crippen LogP contribution >= 0.6 is 0 Å². The van der Waals surface area contributed by atoms with Crippen LogP contribution in [0.15, 0.2) is 18.2 Å². The summed E-state index contributed by atoms with van der Waals surface area (Å²) in [5.74, 6) is 0.298. The molecule has 1 aliphatic heterocycles. The van der Waals surface area contributed by atoms with E-state index in [1.165, 1.54) is 12.1 Å². The second-order valence-electron chi connectivity index (χ2n) is 4.92. The van der Waals surface area contributed by atoms with Crippen LogP contribution in [0.4, 0.5) is 4.39 Å². The first-order valence-electron chi connectivity index (χ1n) is 7.01. The molecule has 0 radical (unpaired) electrons. The molecule has 0 bridgehead atoms. The largest absolute Gasteiger partial charge is 0.488 e. The lowest BCUT2D eigenvalue weighted by atomic mass is 10.1. The van der Waals surface area contributed by atoms with E-state index in [2.05, 4.69) is 5.32 Å². The predicted octanol–water partition coefficient (Wildman–Crippen LogP) is 2.12. The Morgan fingerprint density at radius 2 is 2.30 bits per heavy atom. The van der Waals surface area contributed by atoms with Gasteiger partial charge < -0.3 is 19.5 Å². The molecule has 1 atom stereocenters. The Morgan fingerprint density at radius 1 is 1.40 bits per heavy atom. The van der Waals surface area contributed by atoms with Gasteiger partial charge >= 0.3 is 0 Å². The van der Waals surface area contributed by atoms with Crippen molar-refractivity contribution in [3.05, 3.63) is 29.6 Å². The van der Waals surface area contributed by atoms with Gasteiger partial charge in [-0.15, -0.1) is 0 Å². The number of nitrogens with one attached hydrogen (secondary N) is 1. The zero-order valence-electron chi connectivity index (χ0n) is 11.9. The van der Waals surface area contributed by atoms with Crippen LogP contribution in [0.2, 0.25) is 0 Å². The minimum Gasteiger partial charge on any atom is -0.488 e. The van der Waals surface area contributed by atoms with Crippen LogP contribution in [0.1, 0.15) is 18.4 Å². The molecule has 2 rings (SSSR count). The molecular formula is C15H22FNO3. The molecule has 4 nitrogen and oxygen atoms in total. The van der Waals surface area contributed by atoms with E-state index in [9.17, 15) is 4.39 Å². The summed E-state index contributed by atoms with van der Waals surface area (Å²) in [6.07, 6.45) is 1.98. The van der Waals surface area contributed by atoms with Crippen molar-refractivity contribution in [2.24, 2.45) is 0 Å². The van der Waals surface area contributed by atoms with E-state index in [1.54, 1.807) is 7.11 Å². The fraction of sp³-hybridized carbons (Fsp3) is 0.600. The van der Waals surface area contributed by atoms with Crippen molar-refractivity contribution >= 4 is 0 Å². The van der Waals surface area contributed by atoms with E-state index >= 15 is 0 Å². The van der Waals surface area contributed by atoms with Crippen LogP contribution in [-0.4, -0.2) is 39.6 Å². The summed E-state index contributed by atoms with van der Waals surface area (Å²) in [5, 5.41) is 3.19. The molecule has 1 aromatic rings. The quantitative estimate of drug-likeness (QED) is 0.778. The summed E-state index contributed by atoms with van der Waals surface area (Å²) in [7, 11) is 1.65. The summed E-state index contributed by atoms with van der Waals surface area (Å²) in [5.41, 5.74) is 0.868. The summed E-state index contributed by atoms with van der Waals surface area (Å²) in [6.45, 7) is 3.34. The molecule has 0 aliphatic carbocycles. The predicted molar refractivity (Wildman–Crippen MR) is 74.5 cm³/mol. The van der Waals surface area contributed by atoms with Crippen molar-refractivity contribution in [1.82, 2.24) is 5.32 Å². The Kier molecular flexibility index (Phi) is 6.24. The van der Waals surface area contributed by atoms with Crippen LogP contribution in [0.3, 0.4) is 0 Å². The molecule has 112 valence electrons. The summed E-state index contributed by atoms with van der Waals surface area (Å²) < 4.78 is 29.7. The zero-order chi connectivity index (χ0) is 14.2. The van der Waals surface area contributed by atoms with Gasteiger partial charge in [0.1, 0.15) is 17.7 Å². The van der Waals surface area contributed by atoms with Crippen molar-refractivity contribution in [3.8, 4) is 5.75 Å². The number of hydrogen-bond acceptors (Lipinski definition) is 4. The molecule has 0 spiro atoms. The Morgan fingerprint density at radius 3 is 3.05 bits per heavy atom. The summed E-state index contributed by atoms with van der Waals surface area (Å²) >= 11 is 0. The number of benzene rings is 1. The average molecular weight is 283 g/mol. The van der Waals surface area contributed by atoms with Crippen LogP contribution in [0, 0.1) is 5.82 Å². The topological polar surface area (TPSA) is 39.7 Å². The molecule has 1 aromatic carbocycles. The molecule has 1 saturated heterocycles. The highest BCUT2D eigenvalue weighted by molar-refractivity contribution is 5.29. The molecule has 20 heavy (non-hydrogen) atoms. The van der Waals surface area contributed by atoms with Gasteiger partial charge in [-0.05, 0) is 30.5 Å². The van der Waals surface area contributed by atoms with Gasteiger partial charge in [-0.25, -0.2) is 4.39 Å². The normalized spacial score (nSPS) is 19.0. The SMILES string of the molecule is COCCNCc1cc(F)cc(OC2CCCOC2)c1. The second kappa shape index (κ2) is 8.19. The molecule has 1 fully saturated rings. The third-order valence-electron chi connectivity index (χ3n) is 3.16. The van der Waals surface area contributed by atoms with Gasteiger partial charge in [-0.1, -0.05) is 0 Å². The molecular weight excluding hydrogens is 261 g/mol. The first kappa shape index (κ1) is 15.2. The van der Waals surface area contributed by atoms with Crippen LogP contribution in [0.5, 0.6) is 5.75 Å². The van der Waals surface area contributed by atoms with Crippen molar-refractivity contribution in [3.63, 3.8) is 0 Å². The number of rotatable bonds is 7. The van der Waals surface area contributed by atoms with Gasteiger partial charge in [0.25, 0.3) is 0 Å². The Bertz CT molecular complexity index is 408. The highest BCUT2D eigenvalue weighted by atomic mass is 19.1. The van der Waals surface area contributed by atoms with E-state index < -0.39 is 0 Å². The maximum absolute atomic E-state index is 13.6. The van der Waals surface area contributed by atoms with E-state index in [1.807, 2.05) is 6.07 Å². The van der Waals surface area contributed by atoms with Crippen molar-refractivity contribution in [2.45, 2.75) is 25.5 Å². The number of methoxy groups -OCH3 is 1. The maximum atomic E-state index is 13.6. The van der Waals surface area contributed by atoms with Gasteiger partial charge in [-0.3, -0.25) is 0 Å². The van der Waals surface area contributed by atoms with E-state index in [0.717, 1.165) is 31.6 Å². The third-order valence-corrected chi connectivity index (χ3v) is 3.16. The summed E-state index contributed by atoms with van der Waals surface area (Å²) in [4.78, 5) is 0. The lowest BCUT2D eigenvalue weighted by Crippen LogP contribution is -2.28. The Balaban J connectivity index is 1.89. The Hall–Kier alpha value is -1.17. The maximum Gasteiger partial charge on any atom is 0.127 e. The third kappa shape index (κ3) is 5.07. The van der Waals surface area contributed by atoms with Gasteiger partial charge in [-0.2, -0.15) is 0 Å². The van der Waals surface area contributed by atoms with Crippen molar-refractivity contribution in [2.75, 3.05) is 33.5 Å². The Labute approximate surface area is 119 Å². The standard InChI is InChI=1S/C15H22FNO3/c1-18-6-4-17-10-12-7-13(16)9-15(8-12)20-14-3-2-5-19-11-14/h7-9,14,17H,2-6,10-11H2,1H3. The number of hydrogen-bond donors (Lipinski definition) is 1. The van der Waals surface area contributed by atoms with Crippen LogP contribution in [-0.2, 0) is 16.0 Å². The molecule has 0 saturated carbocycles. The molecule has 1 unspecified atom stereocenters. The molecule has 1 heterocycles. The fourth-order valence-electron chi connectivity index (χ4n) is 2.19. The van der Waals surface area contributed by atoms with E-state index in [-0.39, 0.29) is 11.9 Å². The average Bonchev–Trinajstić information content (AvgIpc) is 2.44. The smallest absolute Gasteiger partial charge is 0.127 e. The summed E-state index contributed by atoms with van der Waals surface area (Å²) in [6, 6.07) is 4.81. The monoisotopic (exact) mass is 283 g/mol. The number of halogens is 1. The van der Waals surface area contributed by atoms with Crippen LogP contribution < -0.4 is 10.1 Å². The fourth-order valence-corrected chi connectivity index (χ4v) is 2.19. The molecule has 0 aromatic heterocycles. The highest BCUT2D eigenvalue weighted by Gasteiger charge is 2.16. The lowest BCUT2D eigenvalue weighted by molar-refractivity contribution is 0.00728. The van der Waals surface area contributed by atoms with Gasteiger partial charge in [0.2, 0.25) is 0 Å². The molecule has 0 amide bonds. The molecule has 1 N–H and O–H groups in total. The lowest BCUT2D eigenvalue weighted by Gasteiger charge is -2.23. The van der Waals surface area contributed by atoms with Crippen LogP contribution in [0.25, 0.3) is 0 Å². The minimum absolute atomic E-state index is 0.0276. The van der Waals surface area contributed by atoms with Crippen molar-refractivity contribution < 1.29 is 18.6 Å². The zero-order valence-corrected chi connectivity index (χ0v) is 11.9. The van der Waals surface area contributed by atoms with Gasteiger partial charge in [0.05, 0.1) is 13.2 Å². The first-order valence-corrected chi connectivity index (χ1v) is 7.01. The second-order valence-corrected chi connectivity index (χ2v) is 4.92. The molecule has 1 aliphatic rings. The van der Waals surface area contributed by atoms with E-state index in [0.29, 0.717) is 25.5 Å². The van der Waals surface area contributed by atoms with E-state index in [4.69, 9.17) is 14.2 Å². The van der Waals surface area contributed by atoms with Gasteiger partial charge in [0.15, 0.2) is 0 Å². The molecule has 5 heteroatoms. The first-order chi connectivity index (χ1) is 9.78. The highest BCUT2D eigenvalue weighted by Crippen LogP contribution is 2.20.